The lowest BCUT2D eigenvalue weighted by atomic mass is 10.1. The summed E-state index contributed by atoms with van der Waals surface area (Å²) in [7, 11) is 0. The maximum atomic E-state index is 12.7. The fraction of sp³-hybridized carbons (Fsp3) is 1.00. The summed E-state index contributed by atoms with van der Waals surface area (Å²) in [5, 5.41) is 2.82. The standard InChI is InChI=1S/C7H13F3O2/c8-5-1-3-7(9)4-2-6-11-12-10/h7H,1-6H2. The Hall–Kier alpha value is -0.290. The highest BCUT2D eigenvalue weighted by Crippen LogP contribution is 2.09. The molecule has 0 aliphatic heterocycles. The number of rotatable bonds is 8. The normalized spacial score (nSPS) is 13.2. The minimum atomic E-state index is -1.02. The van der Waals surface area contributed by atoms with E-state index < -0.39 is 12.8 Å². The maximum Gasteiger partial charge on any atom is 0.100 e. The van der Waals surface area contributed by atoms with E-state index in [4.69, 9.17) is 0 Å². The van der Waals surface area contributed by atoms with Crippen LogP contribution in [0.15, 0.2) is 0 Å². The van der Waals surface area contributed by atoms with Gasteiger partial charge in [0.1, 0.15) is 6.17 Å². The molecule has 0 aliphatic rings. The summed E-state index contributed by atoms with van der Waals surface area (Å²) < 4.78 is 35.1. The summed E-state index contributed by atoms with van der Waals surface area (Å²) in [6.45, 7) is -0.475. The van der Waals surface area contributed by atoms with Gasteiger partial charge in [-0.2, -0.15) is 0 Å². The van der Waals surface area contributed by atoms with Gasteiger partial charge >= 0.3 is 0 Å². The molecule has 0 bridgehead atoms. The van der Waals surface area contributed by atoms with Crippen molar-refractivity contribution in [3.8, 4) is 0 Å². The first kappa shape index (κ1) is 11.7. The molecule has 0 rings (SSSR count). The van der Waals surface area contributed by atoms with Crippen LogP contribution in [0, 0.1) is 0 Å². The van der Waals surface area contributed by atoms with E-state index in [-0.39, 0.29) is 25.9 Å². The molecule has 0 N–H and O–H groups in total. The molecular formula is C7H13F3O2. The third-order valence-corrected chi connectivity index (χ3v) is 1.44. The molecule has 0 heterocycles. The highest BCUT2D eigenvalue weighted by molar-refractivity contribution is 4.55. The van der Waals surface area contributed by atoms with Gasteiger partial charge < -0.3 is 0 Å². The Kier molecular flexibility index (Phi) is 8.59. The Morgan fingerprint density at radius 2 is 1.83 bits per heavy atom. The molecule has 1 unspecified atom stereocenters. The summed E-state index contributed by atoms with van der Waals surface area (Å²) in [6.07, 6.45) is 0.0546. The van der Waals surface area contributed by atoms with Gasteiger partial charge in [0, 0.05) is 0 Å². The van der Waals surface area contributed by atoms with E-state index in [1.165, 1.54) is 0 Å². The average molecular weight is 186 g/mol. The second kappa shape index (κ2) is 8.80. The van der Waals surface area contributed by atoms with E-state index in [2.05, 4.69) is 9.98 Å². The van der Waals surface area contributed by atoms with E-state index in [0.717, 1.165) is 0 Å². The Balaban J connectivity index is 3.02. The van der Waals surface area contributed by atoms with Crippen molar-refractivity contribution in [2.75, 3.05) is 13.3 Å². The minimum Gasteiger partial charge on any atom is -0.251 e. The quantitative estimate of drug-likeness (QED) is 0.329. The molecule has 0 aromatic rings. The largest absolute Gasteiger partial charge is 0.251 e. The molecule has 0 saturated carbocycles. The number of alkyl halides is 2. The summed E-state index contributed by atoms with van der Waals surface area (Å²) in [5.74, 6) is 0. The topological polar surface area (TPSA) is 18.5 Å². The van der Waals surface area contributed by atoms with Gasteiger partial charge in [-0.05, 0) is 35.3 Å². The van der Waals surface area contributed by atoms with Crippen LogP contribution in [-0.4, -0.2) is 19.5 Å². The predicted molar refractivity (Wildman–Crippen MR) is 37.5 cm³/mol. The molecule has 5 heteroatoms. The number of hydrogen-bond acceptors (Lipinski definition) is 2. The maximum absolute atomic E-state index is 12.7. The zero-order valence-electron chi connectivity index (χ0n) is 6.77. The highest BCUT2D eigenvalue weighted by Gasteiger charge is 2.05. The minimum absolute atomic E-state index is 0.0204. The highest BCUT2D eigenvalue weighted by atomic mass is 19.3. The Morgan fingerprint density at radius 3 is 2.42 bits per heavy atom. The van der Waals surface area contributed by atoms with Crippen LogP contribution in [0.5, 0.6) is 0 Å². The van der Waals surface area contributed by atoms with Gasteiger partial charge in [-0.1, -0.05) is 0 Å². The monoisotopic (exact) mass is 186 g/mol. The second-order valence-corrected chi connectivity index (χ2v) is 2.46. The Bertz CT molecular complexity index is 92.7. The average Bonchev–Trinajstić information content (AvgIpc) is 2.09. The number of hydrogen-bond donors (Lipinski definition) is 0. The van der Waals surface area contributed by atoms with E-state index in [1.807, 2.05) is 0 Å². The van der Waals surface area contributed by atoms with Crippen LogP contribution in [0.2, 0.25) is 0 Å². The third kappa shape index (κ3) is 7.81. The second-order valence-electron chi connectivity index (χ2n) is 2.46. The summed E-state index contributed by atoms with van der Waals surface area (Å²) in [5.41, 5.74) is 0. The van der Waals surface area contributed by atoms with Gasteiger partial charge in [0.05, 0.1) is 13.3 Å². The predicted octanol–water partition coefficient (Wildman–Crippen LogP) is 2.69. The van der Waals surface area contributed by atoms with Crippen molar-refractivity contribution in [2.45, 2.75) is 31.9 Å². The van der Waals surface area contributed by atoms with Crippen LogP contribution in [-0.2, 0) is 9.98 Å². The molecule has 0 aliphatic carbocycles. The van der Waals surface area contributed by atoms with Crippen molar-refractivity contribution >= 4 is 0 Å². The summed E-state index contributed by atoms with van der Waals surface area (Å²) in [6, 6.07) is 0. The van der Waals surface area contributed by atoms with Crippen molar-refractivity contribution < 1.29 is 23.3 Å². The fourth-order valence-electron chi connectivity index (χ4n) is 0.838. The molecule has 0 amide bonds. The smallest absolute Gasteiger partial charge is 0.100 e. The van der Waals surface area contributed by atoms with Gasteiger partial charge in [0.25, 0.3) is 0 Å². The van der Waals surface area contributed by atoms with Crippen LogP contribution in [0.4, 0.5) is 13.3 Å². The molecular weight excluding hydrogens is 173 g/mol. The number of halogens is 3. The van der Waals surface area contributed by atoms with Gasteiger partial charge in [0.15, 0.2) is 0 Å². The molecule has 0 fully saturated rings. The van der Waals surface area contributed by atoms with E-state index >= 15 is 0 Å². The van der Waals surface area contributed by atoms with Gasteiger partial charge in [-0.3, -0.25) is 4.39 Å². The van der Waals surface area contributed by atoms with Gasteiger partial charge in [-0.25, -0.2) is 9.28 Å². The molecule has 2 nitrogen and oxygen atoms in total. The van der Waals surface area contributed by atoms with Crippen molar-refractivity contribution in [2.24, 2.45) is 0 Å². The van der Waals surface area contributed by atoms with Crippen LogP contribution in [0.3, 0.4) is 0 Å². The van der Waals surface area contributed by atoms with Crippen molar-refractivity contribution in [3.05, 3.63) is 0 Å². The molecule has 74 valence electrons. The molecule has 12 heavy (non-hydrogen) atoms. The summed E-state index contributed by atoms with van der Waals surface area (Å²) >= 11 is 0. The zero-order valence-corrected chi connectivity index (χ0v) is 6.77. The first-order chi connectivity index (χ1) is 5.81. The molecule has 0 saturated heterocycles. The van der Waals surface area contributed by atoms with Crippen molar-refractivity contribution in [3.63, 3.8) is 0 Å². The summed E-state index contributed by atoms with van der Waals surface area (Å²) in [4.78, 5) is 3.88. The lowest BCUT2D eigenvalue weighted by molar-refractivity contribution is -0.429. The third-order valence-electron chi connectivity index (χ3n) is 1.44. The van der Waals surface area contributed by atoms with Crippen LogP contribution in [0.1, 0.15) is 25.7 Å². The van der Waals surface area contributed by atoms with Crippen LogP contribution < -0.4 is 0 Å². The van der Waals surface area contributed by atoms with Gasteiger partial charge in [0.2, 0.25) is 0 Å². The molecule has 0 spiro atoms. The van der Waals surface area contributed by atoms with E-state index in [1.54, 1.807) is 0 Å². The fourth-order valence-corrected chi connectivity index (χ4v) is 0.838. The van der Waals surface area contributed by atoms with Crippen LogP contribution in [0.25, 0.3) is 0 Å². The Labute approximate surface area is 69.5 Å². The van der Waals surface area contributed by atoms with E-state index in [0.29, 0.717) is 6.42 Å². The zero-order chi connectivity index (χ0) is 9.23. The van der Waals surface area contributed by atoms with Crippen molar-refractivity contribution in [1.82, 2.24) is 0 Å². The molecule has 1 atom stereocenters. The first-order valence-electron chi connectivity index (χ1n) is 3.91. The molecule has 0 aromatic carbocycles. The lowest BCUT2D eigenvalue weighted by Gasteiger charge is -2.04. The SMILES string of the molecule is FCCCC(F)CCCOOF. The lowest BCUT2D eigenvalue weighted by Crippen LogP contribution is -2.02. The Morgan fingerprint density at radius 1 is 1.17 bits per heavy atom. The van der Waals surface area contributed by atoms with Gasteiger partial charge in [-0.15, -0.1) is 0 Å². The van der Waals surface area contributed by atoms with Crippen molar-refractivity contribution in [1.29, 1.82) is 0 Å². The molecule has 0 radical (unpaired) electrons. The molecule has 0 aromatic heterocycles. The van der Waals surface area contributed by atoms with Crippen LogP contribution >= 0.6 is 0 Å². The first-order valence-corrected chi connectivity index (χ1v) is 3.91. The van der Waals surface area contributed by atoms with E-state index in [9.17, 15) is 13.3 Å².